The quantitative estimate of drug-likeness (QED) is 0.784. The van der Waals surface area contributed by atoms with Crippen LogP contribution in [0, 0.1) is 0 Å². The molecule has 2 heterocycles. The average molecular weight is 396 g/mol. The summed E-state index contributed by atoms with van der Waals surface area (Å²) in [6, 6.07) is 11.2. The maximum Gasteiger partial charge on any atom is 0.269 e. The summed E-state index contributed by atoms with van der Waals surface area (Å²) >= 11 is 0. The van der Waals surface area contributed by atoms with E-state index in [0.717, 1.165) is 11.3 Å². The Balaban J connectivity index is 1.59. The highest BCUT2D eigenvalue weighted by Gasteiger charge is 2.26. The molecule has 2 unspecified atom stereocenters. The first-order valence-corrected chi connectivity index (χ1v) is 9.98. The summed E-state index contributed by atoms with van der Waals surface area (Å²) < 4.78 is 5.70. The highest BCUT2D eigenvalue weighted by molar-refractivity contribution is 5.94. The Morgan fingerprint density at radius 1 is 1.14 bits per heavy atom. The first-order chi connectivity index (χ1) is 14.0. The largest absolute Gasteiger partial charge is 0.381 e. The number of carbonyl (C=O) groups excluding carboxylic acids is 2. The van der Waals surface area contributed by atoms with Gasteiger partial charge in [0.25, 0.3) is 11.8 Å². The molecule has 0 spiro atoms. The number of pyridine rings is 1. The molecule has 154 valence electrons. The van der Waals surface area contributed by atoms with Crippen molar-refractivity contribution in [1.29, 1.82) is 0 Å². The zero-order valence-corrected chi connectivity index (χ0v) is 17.1. The van der Waals surface area contributed by atoms with Gasteiger partial charge in [0.1, 0.15) is 5.69 Å². The van der Waals surface area contributed by atoms with Gasteiger partial charge in [-0.2, -0.15) is 0 Å². The molecule has 2 aromatic rings. The average Bonchev–Trinajstić information content (AvgIpc) is 2.72. The minimum atomic E-state index is -0.189. The molecule has 2 N–H and O–H groups in total. The summed E-state index contributed by atoms with van der Waals surface area (Å²) in [6.07, 6.45) is 1.71. The van der Waals surface area contributed by atoms with E-state index in [1.807, 2.05) is 56.0 Å². The van der Waals surface area contributed by atoms with Gasteiger partial charge in [-0.25, -0.2) is 0 Å². The fourth-order valence-electron chi connectivity index (χ4n) is 3.41. The Bertz CT molecular complexity index is 843. The van der Waals surface area contributed by atoms with Gasteiger partial charge in [-0.1, -0.05) is 12.1 Å². The van der Waals surface area contributed by atoms with Gasteiger partial charge in [0.15, 0.2) is 0 Å². The number of ether oxygens (including phenoxy) is 1. The van der Waals surface area contributed by atoms with Crippen LogP contribution in [0.3, 0.4) is 0 Å². The maximum atomic E-state index is 12.7. The van der Waals surface area contributed by atoms with E-state index in [1.165, 1.54) is 0 Å². The summed E-state index contributed by atoms with van der Waals surface area (Å²) in [5.41, 5.74) is 2.92. The van der Waals surface area contributed by atoms with Crippen molar-refractivity contribution in [2.75, 3.05) is 25.0 Å². The highest BCUT2D eigenvalue weighted by Crippen LogP contribution is 2.16. The number of benzene rings is 1. The number of amides is 2. The van der Waals surface area contributed by atoms with Gasteiger partial charge in [0.2, 0.25) is 0 Å². The van der Waals surface area contributed by atoms with Gasteiger partial charge in [-0.15, -0.1) is 0 Å². The molecule has 1 aliphatic heterocycles. The summed E-state index contributed by atoms with van der Waals surface area (Å²) in [5, 5.41) is 6.03. The Morgan fingerprint density at radius 2 is 1.83 bits per heavy atom. The summed E-state index contributed by atoms with van der Waals surface area (Å²) in [7, 11) is 0. The van der Waals surface area contributed by atoms with Crippen LogP contribution in [-0.2, 0) is 11.3 Å². The molecular formula is C22H28N4O3. The minimum absolute atomic E-state index is 0.0345. The van der Waals surface area contributed by atoms with Crippen LogP contribution in [0.4, 0.5) is 5.69 Å². The zero-order chi connectivity index (χ0) is 20.8. The van der Waals surface area contributed by atoms with Crippen molar-refractivity contribution in [3.05, 3.63) is 59.4 Å². The molecule has 0 radical (unpaired) electrons. The predicted octanol–water partition coefficient (Wildman–Crippen LogP) is 2.69. The van der Waals surface area contributed by atoms with Crippen LogP contribution in [-0.4, -0.2) is 53.5 Å². The zero-order valence-electron chi connectivity index (χ0n) is 17.1. The molecule has 3 rings (SSSR count). The van der Waals surface area contributed by atoms with Crippen molar-refractivity contribution in [3.8, 4) is 0 Å². The normalized spacial score (nSPS) is 18.9. The second-order valence-electron chi connectivity index (χ2n) is 7.31. The van der Waals surface area contributed by atoms with Crippen LogP contribution in [0.2, 0.25) is 0 Å². The molecular weight excluding hydrogens is 368 g/mol. The number of nitrogens with zero attached hydrogens (tertiary/aromatic N) is 2. The van der Waals surface area contributed by atoms with Crippen molar-refractivity contribution >= 4 is 17.5 Å². The molecule has 1 aliphatic rings. The predicted molar refractivity (Wildman–Crippen MR) is 112 cm³/mol. The van der Waals surface area contributed by atoms with E-state index in [4.69, 9.17) is 4.74 Å². The molecule has 0 bridgehead atoms. The number of anilines is 1. The van der Waals surface area contributed by atoms with E-state index < -0.39 is 0 Å². The molecule has 29 heavy (non-hydrogen) atoms. The van der Waals surface area contributed by atoms with E-state index in [0.29, 0.717) is 37.4 Å². The minimum Gasteiger partial charge on any atom is -0.381 e. The van der Waals surface area contributed by atoms with Crippen molar-refractivity contribution in [2.45, 2.75) is 39.5 Å². The van der Waals surface area contributed by atoms with Crippen LogP contribution >= 0.6 is 0 Å². The second-order valence-corrected chi connectivity index (χ2v) is 7.31. The number of morpholine rings is 1. The lowest BCUT2D eigenvalue weighted by molar-refractivity contribution is -0.0586. The summed E-state index contributed by atoms with van der Waals surface area (Å²) in [4.78, 5) is 30.6. The maximum absolute atomic E-state index is 12.7. The van der Waals surface area contributed by atoms with E-state index in [-0.39, 0.29) is 24.0 Å². The highest BCUT2D eigenvalue weighted by atomic mass is 16.5. The number of aromatic nitrogens is 1. The number of nitrogens with one attached hydrogen (secondary N) is 2. The standard InChI is InChI=1S/C22H28N4O3/c1-4-23-21(27)20-11-19(9-10-24-20)25-12-17-5-7-18(8-6-17)22(28)26-13-15(2)29-16(3)14-26/h5-11,15-16H,4,12-14H2,1-3H3,(H,23,27)(H,24,25). The lowest BCUT2D eigenvalue weighted by atomic mass is 10.1. The molecule has 2 amide bonds. The molecule has 0 saturated carbocycles. The molecule has 7 nitrogen and oxygen atoms in total. The third-order valence-electron chi connectivity index (χ3n) is 4.73. The van der Waals surface area contributed by atoms with Crippen LogP contribution in [0.5, 0.6) is 0 Å². The third-order valence-corrected chi connectivity index (χ3v) is 4.73. The Kier molecular flexibility index (Phi) is 6.82. The molecule has 7 heteroatoms. The van der Waals surface area contributed by atoms with E-state index in [9.17, 15) is 9.59 Å². The Hall–Kier alpha value is -2.93. The molecule has 0 aliphatic carbocycles. The molecule has 2 atom stereocenters. The lowest BCUT2D eigenvalue weighted by Gasteiger charge is -2.35. The van der Waals surface area contributed by atoms with Gasteiger partial charge in [0, 0.05) is 43.6 Å². The Labute approximate surface area is 171 Å². The van der Waals surface area contributed by atoms with Crippen molar-refractivity contribution in [2.24, 2.45) is 0 Å². The first-order valence-electron chi connectivity index (χ1n) is 9.98. The summed E-state index contributed by atoms with van der Waals surface area (Å²) in [6.45, 7) is 8.21. The number of rotatable bonds is 6. The first kappa shape index (κ1) is 20.8. The van der Waals surface area contributed by atoms with Crippen LogP contribution in [0.15, 0.2) is 42.6 Å². The molecule has 1 aromatic carbocycles. The molecule has 1 aromatic heterocycles. The topological polar surface area (TPSA) is 83.6 Å². The lowest BCUT2D eigenvalue weighted by Crippen LogP contribution is -2.48. The number of hydrogen-bond donors (Lipinski definition) is 2. The van der Waals surface area contributed by atoms with Gasteiger partial charge >= 0.3 is 0 Å². The van der Waals surface area contributed by atoms with Crippen molar-refractivity contribution in [1.82, 2.24) is 15.2 Å². The van der Waals surface area contributed by atoms with E-state index >= 15 is 0 Å². The van der Waals surface area contributed by atoms with Crippen LogP contribution in [0.25, 0.3) is 0 Å². The van der Waals surface area contributed by atoms with Gasteiger partial charge in [-0.3, -0.25) is 14.6 Å². The molecule has 1 saturated heterocycles. The molecule has 1 fully saturated rings. The van der Waals surface area contributed by atoms with Gasteiger partial charge in [0.05, 0.1) is 12.2 Å². The fraction of sp³-hybridized carbons (Fsp3) is 0.409. The van der Waals surface area contributed by atoms with E-state index in [1.54, 1.807) is 12.3 Å². The smallest absolute Gasteiger partial charge is 0.269 e. The van der Waals surface area contributed by atoms with Crippen LogP contribution in [0.1, 0.15) is 47.2 Å². The SMILES string of the molecule is CCNC(=O)c1cc(NCc2ccc(C(=O)N3CC(C)OC(C)C3)cc2)ccn1. The fourth-order valence-corrected chi connectivity index (χ4v) is 3.41. The Morgan fingerprint density at radius 3 is 2.48 bits per heavy atom. The summed E-state index contributed by atoms with van der Waals surface area (Å²) in [5.74, 6) is -0.155. The van der Waals surface area contributed by atoms with Gasteiger partial charge < -0.3 is 20.3 Å². The second kappa shape index (κ2) is 9.52. The number of hydrogen-bond acceptors (Lipinski definition) is 5. The van der Waals surface area contributed by atoms with Crippen LogP contribution < -0.4 is 10.6 Å². The number of carbonyl (C=O) groups is 2. The third kappa shape index (κ3) is 5.54. The van der Waals surface area contributed by atoms with Crippen molar-refractivity contribution < 1.29 is 14.3 Å². The van der Waals surface area contributed by atoms with Gasteiger partial charge in [-0.05, 0) is 50.6 Å². The van der Waals surface area contributed by atoms with Crippen molar-refractivity contribution in [3.63, 3.8) is 0 Å². The van der Waals surface area contributed by atoms with E-state index in [2.05, 4.69) is 15.6 Å². The monoisotopic (exact) mass is 396 g/mol.